The molecule has 2 aromatic heterocycles. The fourth-order valence-electron chi connectivity index (χ4n) is 2.01. The third-order valence-corrected chi connectivity index (χ3v) is 4.59. The summed E-state index contributed by atoms with van der Waals surface area (Å²) in [5.74, 6) is 0. The van der Waals surface area contributed by atoms with Gasteiger partial charge in [-0.05, 0) is 48.2 Å². The number of hydrogen-bond donors (Lipinski definition) is 8. The van der Waals surface area contributed by atoms with E-state index in [0.717, 1.165) is 12.8 Å². The van der Waals surface area contributed by atoms with Crippen molar-refractivity contribution >= 4 is 20.0 Å². The van der Waals surface area contributed by atoms with Crippen molar-refractivity contribution < 1.29 is 136 Å². The molecule has 0 unspecified atom stereocenters. The predicted molar refractivity (Wildman–Crippen MR) is 178 cm³/mol. The Bertz CT molecular complexity index is 690. The maximum atomic E-state index is 7.96. The number of aliphatic hydroxyl groups excluding tert-OH is 4. The van der Waals surface area contributed by atoms with E-state index in [0.29, 0.717) is 13.2 Å². The summed E-state index contributed by atoms with van der Waals surface area (Å²) in [5, 5.41) is 63.7. The van der Waals surface area contributed by atoms with Gasteiger partial charge in [-0.1, -0.05) is 0 Å². The summed E-state index contributed by atoms with van der Waals surface area (Å²) < 4.78 is 19.9. The van der Waals surface area contributed by atoms with Crippen LogP contribution in [0, 0.1) is 0 Å². The number of hydrogen-bond acceptors (Lipinski definition) is 14. The van der Waals surface area contributed by atoms with Gasteiger partial charge in [0.2, 0.25) is 0 Å². The van der Waals surface area contributed by atoms with E-state index < -0.39 is 38.0 Å². The van der Waals surface area contributed by atoms with Gasteiger partial charge in [0.1, 0.15) is 0 Å². The Hall–Kier alpha value is 0.427. The summed E-state index contributed by atoms with van der Waals surface area (Å²) in [6.07, 6.45) is 1.64. The van der Waals surface area contributed by atoms with Crippen LogP contribution in [0.25, 0.3) is 49.2 Å². The van der Waals surface area contributed by atoms with Gasteiger partial charge < -0.3 is 108 Å². The number of aromatic nitrogens is 2. The van der Waals surface area contributed by atoms with Gasteiger partial charge in [-0.3, -0.25) is 9.97 Å². The van der Waals surface area contributed by atoms with Crippen LogP contribution in [-0.4, -0.2) is 123 Å². The normalized spacial score (nSPS) is 7.96. The molecule has 0 aliphatic heterocycles. The number of aliphatic hydroxyl groups is 8. The standard InChI is InChI=1S/2C8H11NO2Si.2C3H8O4.8H2N.4Rh/c2*1-10-12-11-7-4-8-2-5-9-6-3-8;2*4-2(5)1-3(6)7;;;;;;;;;;;;/h2*2-3,5-6H,4,7H2,1H3;2*2-7H,1H2;8*1H2;;;;/q;;;;8*-1;4*+2. The van der Waals surface area contributed by atoms with Crippen molar-refractivity contribution in [3.05, 3.63) is 109 Å². The van der Waals surface area contributed by atoms with E-state index in [1.165, 1.54) is 11.1 Å². The fourth-order valence-corrected chi connectivity index (χ4v) is 2.62. The molecular formula is C22H54N10O12Rh4Si2. The van der Waals surface area contributed by atoms with E-state index in [4.69, 9.17) is 58.6 Å². The van der Waals surface area contributed by atoms with E-state index in [1.54, 1.807) is 39.0 Å². The van der Waals surface area contributed by atoms with Crippen molar-refractivity contribution in [2.24, 2.45) is 0 Å². The zero-order valence-corrected chi connectivity index (χ0v) is 35.8. The molecule has 2 heterocycles. The van der Waals surface area contributed by atoms with Crippen molar-refractivity contribution in [1.29, 1.82) is 0 Å². The molecule has 0 saturated heterocycles. The summed E-state index contributed by atoms with van der Waals surface area (Å²) in [7, 11) is 3.56. The number of rotatable bonds is 14. The second-order valence-corrected chi connectivity index (χ2v) is 8.60. The van der Waals surface area contributed by atoms with Crippen LogP contribution >= 0.6 is 0 Å². The molecule has 24 N–H and O–H groups in total. The smallest absolute Gasteiger partial charge is 0.693 e. The minimum Gasteiger partial charge on any atom is -0.693 e. The van der Waals surface area contributed by atoms with Crippen molar-refractivity contribution in [1.82, 2.24) is 9.97 Å². The maximum Gasteiger partial charge on any atom is 2.00 e. The van der Waals surface area contributed by atoms with E-state index >= 15 is 0 Å². The Labute approximate surface area is 351 Å². The first-order chi connectivity index (χ1) is 18.1. The van der Waals surface area contributed by atoms with E-state index in [2.05, 4.69) is 9.97 Å². The molecule has 0 bridgehead atoms. The monoisotopic (exact) mass is 1120 g/mol. The van der Waals surface area contributed by atoms with Crippen LogP contribution in [-0.2, 0) is 108 Å². The van der Waals surface area contributed by atoms with Crippen molar-refractivity contribution in [2.75, 3.05) is 27.4 Å². The first-order valence-electron chi connectivity index (χ1n) is 11.1. The molecule has 0 atom stereocenters. The van der Waals surface area contributed by atoms with Crippen LogP contribution in [0.4, 0.5) is 0 Å². The van der Waals surface area contributed by atoms with E-state index in [9.17, 15) is 0 Å². The molecule has 0 aliphatic carbocycles. The zero-order chi connectivity index (χ0) is 29.0. The van der Waals surface area contributed by atoms with Crippen LogP contribution in [0.2, 0.25) is 0 Å². The molecule has 50 heavy (non-hydrogen) atoms. The van der Waals surface area contributed by atoms with Crippen LogP contribution < -0.4 is 0 Å². The van der Waals surface area contributed by atoms with Gasteiger partial charge in [-0.25, -0.2) is 0 Å². The average molecular weight is 1120 g/mol. The largest absolute Gasteiger partial charge is 2.00 e. The summed E-state index contributed by atoms with van der Waals surface area (Å²) in [5.41, 5.74) is 2.48. The Balaban J connectivity index is -0.0000000273. The summed E-state index contributed by atoms with van der Waals surface area (Å²) in [6, 6.07) is 7.94. The van der Waals surface area contributed by atoms with Gasteiger partial charge in [0.25, 0.3) is 0 Å². The van der Waals surface area contributed by atoms with E-state index in [1.807, 2.05) is 24.3 Å². The fraction of sp³-hybridized carbons (Fsp3) is 0.545. The molecule has 0 fully saturated rings. The van der Waals surface area contributed by atoms with Gasteiger partial charge in [0, 0.05) is 65.1 Å². The Morgan fingerprint density at radius 2 is 0.700 bits per heavy atom. The number of nitrogens with zero attached hydrogens (tertiary/aromatic N) is 2. The van der Waals surface area contributed by atoms with Crippen LogP contribution in [0.5, 0.6) is 0 Å². The maximum absolute atomic E-state index is 7.96. The molecular weight excluding hydrogens is 1060 g/mol. The molecule has 308 valence electrons. The minimum atomic E-state index is -1.63. The molecule has 8 radical (unpaired) electrons. The molecule has 28 heteroatoms. The van der Waals surface area contributed by atoms with Crippen LogP contribution in [0.3, 0.4) is 0 Å². The second-order valence-electron chi connectivity index (χ2n) is 6.88. The molecule has 0 aromatic carbocycles. The van der Waals surface area contributed by atoms with Crippen molar-refractivity contribution in [3.8, 4) is 0 Å². The third-order valence-electron chi connectivity index (χ3n) is 3.61. The molecule has 0 aliphatic rings. The number of pyridine rings is 2. The van der Waals surface area contributed by atoms with E-state index in [-0.39, 0.29) is 147 Å². The van der Waals surface area contributed by atoms with Crippen LogP contribution in [0.15, 0.2) is 49.1 Å². The molecule has 2 rings (SSSR count). The summed E-state index contributed by atoms with van der Waals surface area (Å²) >= 11 is 0. The molecule has 22 nitrogen and oxygen atoms in total. The first kappa shape index (κ1) is 92.8. The topological polar surface area (TPSA) is 493 Å². The van der Waals surface area contributed by atoms with Gasteiger partial charge >= 0.3 is 97.9 Å². The second kappa shape index (κ2) is 70.9. The van der Waals surface area contributed by atoms with Crippen molar-refractivity contribution in [3.63, 3.8) is 0 Å². The SMILES string of the molecule is CO[Si]OCCc1ccncc1.CO[Si]OCCc1ccncc1.OC(O)CC(O)O.OC(O)CC(O)O.[NH2-].[NH2-].[NH2-].[NH2-].[NH2-].[NH2-].[NH2-].[NH2-].[Rh+2].[Rh+2].[Rh+2].[Rh+2]. The van der Waals surface area contributed by atoms with Gasteiger partial charge in [0.15, 0.2) is 25.2 Å². The molecule has 0 amide bonds. The average Bonchev–Trinajstić information content (AvgIpc) is 2.85. The Morgan fingerprint density at radius 3 is 0.860 bits per heavy atom. The van der Waals surface area contributed by atoms with Crippen molar-refractivity contribution in [2.45, 2.75) is 50.8 Å². The number of nitrogens with two attached hydrogens (primary N) is 8. The molecule has 0 saturated carbocycles. The predicted octanol–water partition coefficient (Wildman–Crippen LogP) is 3.37. The van der Waals surface area contributed by atoms with Gasteiger partial charge in [0.05, 0.1) is 0 Å². The van der Waals surface area contributed by atoms with Crippen LogP contribution in [0.1, 0.15) is 24.0 Å². The summed E-state index contributed by atoms with van der Waals surface area (Å²) in [6.45, 7) is 1.41. The zero-order valence-electron chi connectivity index (χ0n) is 27.2. The molecule has 2 aromatic rings. The Kier molecular flexibility index (Phi) is 132. The minimum absolute atomic E-state index is 0. The summed E-state index contributed by atoms with van der Waals surface area (Å²) in [4.78, 5) is 7.85. The molecule has 0 spiro atoms. The first-order valence-corrected chi connectivity index (χ1v) is 12.8. The third kappa shape index (κ3) is 82.1. The Morgan fingerprint density at radius 1 is 0.480 bits per heavy atom. The van der Waals surface area contributed by atoms with Gasteiger partial charge in [-0.15, -0.1) is 0 Å². The quantitative estimate of drug-likeness (QED) is 0.0764. The van der Waals surface area contributed by atoms with Gasteiger partial charge in [-0.2, -0.15) is 0 Å².